The fourth-order valence-electron chi connectivity index (χ4n) is 1.54. The van der Waals surface area contributed by atoms with Crippen LogP contribution in [0.5, 0.6) is 0 Å². The average Bonchev–Trinajstić information content (AvgIpc) is 2.79. The van der Waals surface area contributed by atoms with Crippen molar-refractivity contribution in [2.75, 3.05) is 29.6 Å². The first-order valence-corrected chi connectivity index (χ1v) is 7.44. The zero-order valence-corrected chi connectivity index (χ0v) is 10.4. The molecule has 0 saturated carbocycles. The molecule has 0 aromatic carbocycles. The Labute approximate surface area is 98.9 Å². The number of aromatic nitrogens is 2. The van der Waals surface area contributed by atoms with Gasteiger partial charge in [-0.05, 0) is 30.1 Å². The molecule has 2 rings (SSSR count). The molecule has 1 aromatic heterocycles. The maximum atomic E-state index is 4.21. The number of rotatable bonds is 4. The molecule has 3 nitrogen and oxygen atoms in total. The van der Waals surface area contributed by atoms with Crippen LogP contribution in [0.15, 0.2) is 17.4 Å². The molecule has 1 saturated heterocycles. The quantitative estimate of drug-likeness (QED) is 0.647. The molecule has 2 heterocycles. The van der Waals surface area contributed by atoms with E-state index in [9.17, 15) is 0 Å². The number of nitrogens with one attached hydrogen (secondary N) is 1. The van der Waals surface area contributed by atoms with Crippen LogP contribution in [0.3, 0.4) is 0 Å². The van der Waals surface area contributed by atoms with Crippen molar-refractivity contribution in [1.29, 1.82) is 0 Å². The van der Waals surface area contributed by atoms with Crippen LogP contribution >= 0.6 is 23.5 Å². The van der Waals surface area contributed by atoms with Crippen LogP contribution in [0.4, 0.5) is 5.82 Å². The normalized spacial score (nSPS) is 20.5. The van der Waals surface area contributed by atoms with Crippen LogP contribution in [0.2, 0.25) is 0 Å². The van der Waals surface area contributed by atoms with Gasteiger partial charge in [-0.1, -0.05) is 0 Å². The third-order valence-corrected chi connectivity index (χ3v) is 4.32. The predicted molar refractivity (Wildman–Crippen MR) is 67.7 cm³/mol. The first-order valence-electron chi connectivity index (χ1n) is 5.06. The van der Waals surface area contributed by atoms with E-state index in [0.29, 0.717) is 0 Å². The molecule has 1 atom stereocenters. The maximum Gasteiger partial charge on any atom is 0.130 e. The number of thioether (sulfide) groups is 2. The molecule has 1 fully saturated rings. The van der Waals surface area contributed by atoms with Gasteiger partial charge >= 0.3 is 0 Å². The molecule has 0 aliphatic carbocycles. The van der Waals surface area contributed by atoms with Crippen LogP contribution in [-0.4, -0.2) is 34.3 Å². The molecule has 0 spiro atoms. The Bertz CT molecular complexity index is 313. The molecule has 15 heavy (non-hydrogen) atoms. The number of hydrogen-bond acceptors (Lipinski definition) is 5. The third kappa shape index (κ3) is 3.28. The van der Waals surface area contributed by atoms with Crippen molar-refractivity contribution in [3.05, 3.63) is 12.4 Å². The molecule has 1 N–H and O–H groups in total. The van der Waals surface area contributed by atoms with E-state index in [-0.39, 0.29) is 0 Å². The van der Waals surface area contributed by atoms with Gasteiger partial charge in [-0.15, -0.1) is 11.8 Å². The molecule has 1 unspecified atom stereocenters. The summed E-state index contributed by atoms with van der Waals surface area (Å²) in [6.45, 7) is 1.04. The van der Waals surface area contributed by atoms with Gasteiger partial charge in [0.05, 0.1) is 0 Å². The standard InChI is InChI=1S/C10H15N3S2/c1-14-10-4-9(12-7-13-10)11-5-8-2-3-15-6-8/h4,7-8H,2-3,5-6H2,1H3,(H,11,12,13). The first-order chi connectivity index (χ1) is 7.38. The smallest absolute Gasteiger partial charge is 0.130 e. The molecule has 1 aliphatic heterocycles. The van der Waals surface area contributed by atoms with Gasteiger partial charge in [0.2, 0.25) is 0 Å². The van der Waals surface area contributed by atoms with Gasteiger partial charge in [-0.25, -0.2) is 9.97 Å². The SMILES string of the molecule is CSc1cc(NCC2CCSC2)ncn1. The van der Waals surface area contributed by atoms with Crippen molar-refractivity contribution >= 4 is 29.3 Å². The second kappa shape index (κ2) is 5.61. The van der Waals surface area contributed by atoms with Gasteiger partial charge in [-0.2, -0.15) is 11.8 Å². The van der Waals surface area contributed by atoms with Crippen molar-refractivity contribution in [3.8, 4) is 0 Å². The van der Waals surface area contributed by atoms with Gasteiger partial charge in [0.25, 0.3) is 0 Å². The number of nitrogens with zero attached hydrogens (tertiary/aromatic N) is 2. The van der Waals surface area contributed by atoms with Crippen molar-refractivity contribution in [1.82, 2.24) is 9.97 Å². The van der Waals surface area contributed by atoms with Crippen molar-refractivity contribution in [2.24, 2.45) is 5.92 Å². The Hall–Kier alpha value is -0.420. The lowest BCUT2D eigenvalue weighted by molar-refractivity contribution is 0.630. The van der Waals surface area contributed by atoms with Gasteiger partial charge in [0.1, 0.15) is 17.2 Å². The summed E-state index contributed by atoms with van der Waals surface area (Å²) in [5, 5.41) is 4.41. The molecule has 0 amide bonds. The summed E-state index contributed by atoms with van der Waals surface area (Å²) in [7, 11) is 0. The number of anilines is 1. The van der Waals surface area contributed by atoms with E-state index in [4.69, 9.17) is 0 Å². The summed E-state index contributed by atoms with van der Waals surface area (Å²) in [6, 6.07) is 2.01. The second-order valence-electron chi connectivity index (χ2n) is 3.56. The summed E-state index contributed by atoms with van der Waals surface area (Å²) >= 11 is 3.69. The van der Waals surface area contributed by atoms with Gasteiger partial charge < -0.3 is 5.32 Å². The summed E-state index contributed by atoms with van der Waals surface area (Å²) < 4.78 is 0. The zero-order chi connectivity index (χ0) is 10.5. The number of hydrogen-bond donors (Lipinski definition) is 1. The maximum absolute atomic E-state index is 4.21. The minimum absolute atomic E-state index is 0.808. The molecule has 1 aromatic rings. The van der Waals surface area contributed by atoms with Gasteiger partial charge in [-0.3, -0.25) is 0 Å². The highest BCUT2D eigenvalue weighted by Crippen LogP contribution is 2.23. The second-order valence-corrected chi connectivity index (χ2v) is 5.53. The summed E-state index contributed by atoms with van der Waals surface area (Å²) in [6.07, 6.45) is 4.98. The predicted octanol–water partition coefficient (Wildman–Crippen LogP) is 2.36. The Morgan fingerprint density at radius 3 is 3.27 bits per heavy atom. The summed E-state index contributed by atoms with van der Waals surface area (Å²) in [4.78, 5) is 8.35. The summed E-state index contributed by atoms with van der Waals surface area (Å²) in [5.74, 6) is 4.36. The monoisotopic (exact) mass is 241 g/mol. The van der Waals surface area contributed by atoms with Crippen LogP contribution in [-0.2, 0) is 0 Å². The van der Waals surface area contributed by atoms with Gasteiger partial charge in [0, 0.05) is 12.6 Å². The fraction of sp³-hybridized carbons (Fsp3) is 0.600. The van der Waals surface area contributed by atoms with Crippen LogP contribution in [0.1, 0.15) is 6.42 Å². The first kappa shape index (κ1) is 11.1. The van der Waals surface area contributed by atoms with Crippen LogP contribution in [0.25, 0.3) is 0 Å². The van der Waals surface area contributed by atoms with Crippen LogP contribution in [0, 0.1) is 5.92 Å². The Kier molecular flexibility index (Phi) is 4.14. The lowest BCUT2D eigenvalue weighted by Crippen LogP contribution is -2.14. The molecule has 1 aliphatic rings. The lowest BCUT2D eigenvalue weighted by atomic mass is 10.1. The molecule has 5 heteroatoms. The highest BCUT2D eigenvalue weighted by Gasteiger charge is 2.14. The average molecular weight is 241 g/mol. The van der Waals surface area contributed by atoms with E-state index in [0.717, 1.165) is 23.3 Å². The Morgan fingerprint density at radius 2 is 2.53 bits per heavy atom. The topological polar surface area (TPSA) is 37.8 Å². The summed E-state index contributed by atoms with van der Waals surface area (Å²) in [5.41, 5.74) is 0. The minimum atomic E-state index is 0.808. The highest BCUT2D eigenvalue weighted by atomic mass is 32.2. The van der Waals surface area contributed by atoms with Crippen molar-refractivity contribution < 1.29 is 0 Å². The molecule has 0 bridgehead atoms. The largest absolute Gasteiger partial charge is 0.370 e. The van der Waals surface area contributed by atoms with Crippen molar-refractivity contribution in [3.63, 3.8) is 0 Å². The molecule has 0 radical (unpaired) electrons. The minimum Gasteiger partial charge on any atom is -0.370 e. The molecular formula is C10H15N3S2. The van der Waals surface area contributed by atoms with E-state index in [1.807, 2.05) is 24.1 Å². The zero-order valence-electron chi connectivity index (χ0n) is 8.77. The van der Waals surface area contributed by atoms with Gasteiger partial charge in [0.15, 0.2) is 0 Å². The highest BCUT2D eigenvalue weighted by molar-refractivity contribution is 7.99. The molecular weight excluding hydrogens is 226 g/mol. The Balaban J connectivity index is 1.86. The van der Waals surface area contributed by atoms with E-state index in [1.54, 1.807) is 18.1 Å². The van der Waals surface area contributed by atoms with E-state index in [2.05, 4.69) is 15.3 Å². The third-order valence-electron chi connectivity index (χ3n) is 2.45. The van der Waals surface area contributed by atoms with E-state index >= 15 is 0 Å². The van der Waals surface area contributed by atoms with E-state index < -0.39 is 0 Å². The lowest BCUT2D eigenvalue weighted by Gasteiger charge is -2.10. The van der Waals surface area contributed by atoms with E-state index in [1.165, 1.54) is 17.9 Å². The van der Waals surface area contributed by atoms with Crippen molar-refractivity contribution in [2.45, 2.75) is 11.4 Å². The molecule has 82 valence electrons. The van der Waals surface area contributed by atoms with Crippen LogP contribution < -0.4 is 5.32 Å². The Morgan fingerprint density at radius 1 is 1.60 bits per heavy atom. The fourth-order valence-corrected chi connectivity index (χ4v) is 3.21.